The molecule has 1 heterocycles. The zero-order valence-corrected chi connectivity index (χ0v) is 10.5. The Morgan fingerprint density at radius 2 is 2.06 bits per heavy atom. The quantitative estimate of drug-likeness (QED) is 0.586. The van der Waals surface area contributed by atoms with Crippen molar-refractivity contribution in [3.05, 3.63) is 22.2 Å². The van der Waals surface area contributed by atoms with Gasteiger partial charge in [0.05, 0.1) is 4.92 Å². The Kier molecular flexibility index (Phi) is 4.43. The van der Waals surface area contributed by atoms with Crippen molar-refractivity contribution in [3.8, 4) is 5.88 Å². The zero-order chi connectivity index (χ0) is 13.8. The fourth-order valence-electron chi connectivity index (χ4n) is 1.36. The fourth-order valence-corrected chi connectivity index (χ4v) is 1.36. The Balaban J connectivity index is 2.75. The van der Waals surface area contributed by atoms with Crippen LogP contribution in [0.3, 0.4) is 0 Å². The summed E-state index contributed by atoms with van der Waals surface area (Å²) in [6.07, 6.45) is 1.54. The molecule has 0 aliphatic heterocycles. The van der Waals surface area contributed by atoms with Gasteiger partial charge in [0, 0.05) is 17.7 Å². The number of ether oxygens (including phenoxy) is 1. The number of nitro groups is 1. The number of aromatic nitrogens is 1. The Morgan fingerprint density at radius 1 is 1.44 bits per heavy atom. The highest BCUT2D eigenvalue weighted by molar-refractivity contribution is 5.53. The maximum Gasteiger partial charge on any atom is 0.311 e. The Hall–Kier alpha value is -1.89. The van der Waals surface area contributed by atoms with Gasteiger partial charge in [-0.2, -0.15) is 4.98 Å². The second-order valence-corrected chi connectivity index (χ2v) is 4.17. The van der Waals surface area contributed by atoms with Crippen LogP contribution < -0.4 is 16.2 Å². The van der Waals surface area contributed by atoms with Gasteiger partial charge in [-0.1, -0.05) is 13.8 Å². The third-order valence-electron chi connectivity index (χ3n) is 2.99. The number of hydrogen-bond acceptors (Lipinski definition) is 6. The van der Waals surface area contributed by atoms with Gasteiger partial charge in [0.2, 0.25) is 11.7 Å². The lowest BCUT2D eigenvalue weighted by Crippen LogP contribution is -2.44. The molecule has 0 bridgehead atoms. The minimum atomic E-state index is -0.586. The van der Waals surface area contributed by atoms with Crippen molar-refractivity contribution in [1.29, 1.82) is 0 Å². The lowest BCUT2D eigenvalue weighted by Gasteiger charge is -2.26. The van der Waals surface area contributed by atoms with Gasteiger partial charge in [-0.05, 0) is 12.8 Å². The number of hydrogen-bond donors (Lipinski definition) is 2. The van der Waals surface area contributed by atoms with Crippen molar-refractivity contribution in [2.45, 2.75) is 32.2 Å². The number of nitrogens with two attached hydrogens (primary N) is 2. The lowest BCUT2D eigenvalue weighted by molar-refractivity contribution is -0.384. The van der Waals surface area contributed by atoms with Gasteiger partial charge in [0.15, 0.2) is 0 Å². The largest absolute Gasteiger partial charge is 0.476 e. The third kappa shape index (κ3) is 3.30. The van der Waals surface area contributed by atoms with E-state index < -0.39 is 10.5 Å². The predicted octanol–water partition coefficient (Wildman–Crippen LogP) is 1.47. The van der Waals surface area contributed by atoms with Crippen LogP contribution in [-0.2, 0) is 0 Å². The Morgan fingerprint density at radius 3 is 2.50 bits per heavy atom. The van der Waals surface area contributed by atoms with E-state index in [0.29, 0.717) is 6.61 Å². The van der Waals surface area contributed by atoms with Gasteiger partial charge in [0.25, 0.3) is 0 Å². The number of rotatable bonds is 6. The number of anilines is 1. The smallest absolute Gasteiger partial charge is 0.311 e. The summed E-state index contributed by atoms with van der Waals surface area (Å²) in [4.78, 5) is 13.8. The Bertz CT molecular complexity index is 432. The highest BCUT2D eigenvalue weighted by Crippen LogP contribution is 2.22. The highest BCUT2D eigenvalue weighted by Gasteiger charge is 2.22. The van der Waals surface area contributed by atoms with Crippen LogP contribution in [0.25, 0.3) is 0 Å². The summed E-state index contributed by atoms with van der Waals surface area (Å²) in [5.41, 5.74) is 10.9. The predicted molar refractivity (Wildman–Crippen MR) is 68.3 cm³/mol. The molecule has 18 heavy (non-hydrogen) atoms. The van der Waals surface area contributed by atoms with Gasteiger partial charge in [-0.3, -0.25) is 10.1 Å². The molecule has 1 aromatic heterocycles. The van der Waals surface area contributed by atoms with Crippen molar-refractivity contribution in [3.63, 3.8) is 0 Å². The third-order valence-corrected chi connectivity index (χ3v) is 2.99. The SMILES string of the molecule is CCC(N)(CC)COc1ccc([N+](=O)[O-])c(N)n1. The molecule has 4 N–H and O–H groups in total. The van der Waals surface area contributed by atoms with E-state index in [0.717, 1.165) is 12.8 Å². The molecule has 100 valence electrons. The first kappa shape index (κ1) is 14.2. The standard InChI is InChI=1S/C11H18N4O3/c1-3-11(13,4-2)7-18-9-6-5-8(15(16)17)10(12)14-9/h5-6H,3-4,7,13H2,1-2H3,(H2,12,14). The number of nitrogens with zero attached hydrogens (tertiary/aromatic N) is 2. The van der Waals surface area contributed by atoms with Gasteiger partial charge >= 0.3 is 5.69 Å². The molecule has 0 aliphatic carbocycles. The van der Waals surface area contributed by atoms with E-state index in [1.807, 2.05) is 13.8 Å². The molecule has 0 spiro atoms. The lowest BCUT2D eigenvalue weighted by atomic mass is 9.96. The molecular formula is C11H18N4O3. The molecule has 7 nitrogen and oxygen atoms in total. The van der Waals surface area contributed by atoms with Crippen molar-refractivity contribution in [2.75, 3.05) is 12.3 Å². The monoisotopic (exact) mass is 254 g/mol. The molecule has 0 unspecified atom stereocenters. The normalized spacial score (nSPS) is 11.3. The van der Waals surface area contributed by atoms with Crippen molar-refractivity contribution in [2.24, 2.45) is 5.73 Å². The first-order chi connectivity index (χ1) is 8.41. The molecular weight excluding hydrogens is 236 g/mol. The first-order valence-electron chi connectivity index (χ1n) is 5.74. The Labute approximate surface area is 105 Å². The molecule has 1 aromatic rings. The highest BCUT2D eigenvalue weighted by atomic mass is 16.6. The van der Waals surface area contributed by atoms with Gasteiger partial charge in [0.1, 0.15) is 6.61 Å². The molecule has 0 amide bonds. The van der Waals surface area contributed by atoms with Crippen LogP contribution in [0.1, 0.15) is 26.7 Å². The van der Waals surface area contributed by atoms with Crippen LogP contribution in [0.2, 0.25) is 0 Å². The molecule has 0 saturated heterocycles. The topological polar surface area (TPSA) is 117 Å². The van der Waals surface area contributed by atoms with Crippen LogP contribution in [0.4, 0.5) is 11.5 Å². The van der Waals surface area contributed by atoms with Crippen LogP contribution >= 0.6 is 0 Å². The van der Waals surface area contributed by atoms with Gasteiger partial charge in [-0.15, -0.1) is 0 Å². The van der Waals surface area contributed by atoms with E-state index in [2.05, 4.69) is 4.98 Å². The van der Waals surface area contributed by atoms with Crippen molar-refractivity contribution >= 4 is 11.5 Å². The molecule has 0 saturated carbocycles. The molecule has 0 aliphatic rings. The first-order valence-corrected chi connectivity index (χ1v) is 5.74. The van der Waals surface area contributed by atoms with Crippen LogP contribution in [0.5, 0.6) is 5.88 Å². The molecule has 0 aromatic carbocycles. The summed E-state index contributed by atoms with van der Waals surface area (Å²) in [5, 5.41) is 10.6. The van der Waals surface area contributed by atoms with E-state index in [1.165, 1.54) is 12.1 Å². The zero-order valence-electron chi connectivity index (χ0n) is 10.5. The molecule has 0 atom stereocenters. The van der Waals surface area contributed by atoms with Crippen molar-refractivity contribution in [1.82, 2.24) is 4.98 Å². The average molecular weight is 254 g/mol. The van der Waals surface area contributed by atoms with E-state index >= 15 is 0 Å². The minimum absolute atomic E-state index is 0.159. The van der Waals surface area contributed by atoms with E-state index in [1.54, 1.807) is 0 Å². The van der Waals surface area contributed by atoms with Crippen LogP contribution in [0.15, 0.2) is 12.1 Å². The average Bonchev–Trinajstić information content (AvgIpc) is 2.35. The van der Waals surface area contributed by atoms with Gasteiger partial charge < -0.3 is 16.2 Å². The summed E-state index contributed by atoms with van der Waals surface area (Å²) in [7, 11) is 0. The number of pyridine rings is 1. The fraction of sp³-hybridized carbons (Fsp3) is 0.545. The maximum atomic E-state index is 10.6. The van der Waals surface area contributed by atoms with E-state index in [-0.39, 0.29) is 17.4 Å². The summed E-state index contributed by atoms with van der Waals surface area (Å²) >= 11 is 0. The summed E-state index contributed by atoms with van der Waals surface area (Å²) in [6.45, 7) is 4.25. The maximum absolute atomic E-state index is 10.6. The van der Waals surface area contributed by atoms with Crippen molar-refractivity contribution < 1.29 is 9.66 Å². The van der Waals surface area contributed by atoms with Gasteiger partial charge in [-0.25, -0.2) is 0 Å². The number of nitrogen functional groups attached to an aromatic ring is 1. The summed E-state index contributed by atoms with van der Waals surface area (Å²) < 4.78 is 5.43. The molecule has 1 rings (SSSR count). The van der Waals surface area contributed by atoms with E-state index in [4.69, 9.17) is 16.2 Å². The summed E-state index contributed by atoms with van der Waals surface area (Å²) in [6, 6.07) is 2.69. The molecule has 0 fully saturated rings. The minimum Gasteiger partial charge on any atom is -0.476 e. The second kappa shape index (κ2) is 5.63. The van der Waals surface area contributed by atoms with Crippen LogP contribution in [0, 0.1) is 10.1 Å². The molecule has 0 radical (unpaired) electrons. The van der Waals surface area contributed by atoms with E-state index in [9.17, 15) is 10.1 Å². The second-order valence-electron chi connectivity index (χ2n) is 4.17. The van der Waals surface area contributed by atoms with Crippen LogP contribution in [-0.4, -0.2) is 22.1 Å². The summed E-state index contributed by atoms with van der Waals surface area (Å²) in [5.74, 6) is 0.0861. The molecule has 7 heteroatoms.